The monoisotopic (exact) mass is 420 g/mol. The molecule has 2 N–H and O–H groups in total. The highest BCUT2D eigenvalue weighted by molar-refractivity contribution is 5.92. The van der Waals surface area contributed by atoms with Crippen LogP contribution in [0.3, 0.4) is 0 Å². The number of nitrogens with zero attached hydrogens (tertiary/aromatic N) is 1. The molecule has 1 aromatic rings. The number of nitro benzene ring substituents is 1. The number of allylic oxidation sites excluding steroid dienone is 2. The minimum absolute atomic E-state index is 0.118. The van der Waals surface area contributed by atoms with Gasteiger partial charge < -0.3 is 24.6 Å². The fraction of sp³-hybridized carbons (Fsp3) is 0.476. The van der Waals surface area contributed by atoms with Crippen LogP contribution in [0.5, 0.6) is 0 Å². The molecule has 2 atom stereocenters. The molecule has 1 aliphatic heterocycles. The lowest BCUT2D eigenvalue weighted by Gasteiger charge is -2.34. The van der Waals surface area contributed by atoms with Gasteiger partial charge in [0.15, 0.2) is 6.29 Å². The number of nitrogens with one attached hydrogen (secondary N) is 1. The number of esters is 1. The first-order valence-corrected chi connectivity index (χ1v) is 9.59. The molecule has 164 valence electrons. The number of rotatable bonds is 9. The maximum absolute atomic E-state index is 12.9. The van der Waals surface area contributed by atoms with Crippen LogP contribution in [-0.4, -0.2) is 48.7 Å². The summed E-state index contributed by atoms with van der Waals surface area (Å²) in [5.74, 6) is -1.35. The summed E-state index contributed by atoms with van der Waals surface area (Å²) >= 11 is 0. The Morgan fingerprint density at radius 3 is 2.57 bits per heavy atom. The molecule has 2 unspecified atom stereocenters. The fourth-order valence-electron chi connectivity index (χ4n) is 3.38. The van der Waals surface area contributed by atoms with Crippen molar-refractivity contribution in [3.63, 3.8) is 0 Å². The highest BCUT2D eigenvalue weighted by Gasteiger charge is 2.38. The molecule has 0 aromatic heterocycles. The fourth-order valence-corrected chi connectivity index (χ4v) is 3.38. The Morgan fingerprint density at radius 2 is 1.97 bits per heavy atom. The first kappa shape index (κ1) is 23.5. The Labute approximate surface area is 175 Å². The van der Waals surface area contributed by atoms with Gasteiger partial charge in [0.1, 0.15) is 0 Å². The smallest absolute Gasteiger partial charge is 0.336 e. The average Bonchev–Trinajstić information content (AvgIpc) is 2.66. The molecule has 0 bridgehead atoms. The molecule has 2 rings (SSSR count). The first-order chi connectivity index (χ1) is 14.2. The van der Waals surface area contributed by atoms with Crippen LogP contribution in [0.1, 0.15) is 39.2 Å². The number of non-ortho nitro benzene ring substituents is 1. The summed E-state index contributed by atoms with van der Waals surface area (Å²) in [4.78, 5) is 23.7. The second-order valence-corrected chi connectivity index (χ2v) is 7.20. The highest BCUT2D eigenvalue weighted by Crippen LogP contribution is 2.41. The summed E-state index contributed by atoms with van der Waals surface area (Å²) < 4.78 is 15.9. The number of aliphatic hydroxyl groups excluding tert-OH is 1. The standard InChI is InChI=1S/C21H28N2O7/c1-12(2)30-21(25)18-14(4)22-13(3)17(20(24)29-10-9-28-5)19(18)15-7-6-8-16(11-15)23(26)27/h6-8,11-12,19-20,22,24H,9-10H2,1-5H3. The van der Waals surface area contributed by atoms with E-state index in [0.29, 0.717) is 22.5 Å². The Balaban J connectivity index is 2.59. The molecule has 9 heteroatoms. The molecule has 0 saturated heterocycles. The molecule has 0 radical (unpaired) electrons. The molecule has 0 amide bonds. The lowest BCUT2D eigenvalue weighted by molar-refractivity contribution is -0.384. The van der Waals surface area contributed by atoms with Crippen LogP contribution >= 0.6 is 0 Å². The molecule has 1 heterocycles. The second-order valence-electron chi connectivity index (χ2n) is 7.20. The van der Waals surface area contributed by atoms with Gasteiger partial charge in [0.05, 0.1) is 29.8 Å². The molecule has 0 saturated carbocycles. The van der Waals surface area contributed by atoms with Crippen molar-refractivity contribution in [1.29, 1.82) is 0 Å². The molecular formula is C21H28N2O7. The highest BCUT2D eigenvalue weighted by atomic mass is 16.6. The Bertz CT molecular complexity index is 861. The van der Waals surface area contributed by atoms with Crippen molar-refractivity contribution < 1.29 is 29.0 Å². The van der Waals surface area contributed by atoms with Gasteiger partial charge >= 0.3 is 5.97 Å². The molecular weight excluding hydrogens is 392 g/mol. The summed E-state index contributed by atoms with van der Waals surface area (Å²) in [5, 5.41) is 25.2. The van der Waals surface area contributed by atoms with Gasteiger partial charge in [0, 0.05) is 42.1 Å². The van der Waals surface area contributed by atoms with Gasteiger partial charge in [0.25, 0.3) is 5.69 Å². The van der Waals surface area contributed by atoms with Crippen molar-refractivity contribution in [1.82, 2.24) is 5.32 Å². The number of nitro groups is 1. The van der Waals surface area contributed by atoms with Crippen LogP contribution in [0.4, 0.5) is 5.69 Å². The Kier molecular flexibility index (Phi) is 8.10. The van der Waals surface area contributed by atoms with Crippen LogP contribution in [0.15, 0.2) is 46.8 Å². The zero-order valence-electron chi connectivity index (χ0n) is 17.8. The quantitative estimate of drug-likeness (QED) is 0.206. The number of hydrogen-bond donors (Lipinski definition) is 2. The van der Waals surface area contributed by atoms with Gasteiger partial charge in [-0.05, 0) is 33.3 Å². The zero-order valence-corrected chi connectivity index (χ0v) is 17.8. The number of aliphatic hydroxyl groups is 1. The topological polar surface area (TPSA) is 120 Å². The summed E-state index contributed by atoms with van der Waals surface area (Å²) in [6.07, 6.45) is -1.71. The van der Waals surface area contributed by atoms with Crippen molar-refractivity contribution in [3.05, 3.63) is 62.5 Å². The lowest BCUT2D eigenvalue weighted by Crippen LogP contribution is -2.35. The molecule has 0 fully saturated rings. The number of hydrogen-bond acceptors (Lipinski definition) is 8. The second kappa shape index (κ2) is 10.3. The third kappa shape index (κ3) is 5.44. The zero-order chi connectivity index (χ0) is 22.4. The largest absolute Gasteiger partial charge is 0.460 e. The van der Waals surface area contributed by atoms with Crippen molar-refractivity contribution in [2.45, 2.75) is 46.0 Å². The number of ether oxygens (including phenoxy) is 3. The maximum Gasteiger partial charge on any atom is 0.336 e. The Hall–Kier alpha value is -2.75. The Morgan fingerprint density at radius 1 is 1.27 bits per heavy atom. The van der Waals surface area contributed by atoms with Gasteiger partial charge in [-0.3, -0.25) is 10.1 Å². The number of benzene rings is 1. The van der Waals surface area contributed by atoms with Crippen LogP contribution in [0.25, 0.3) is 0 Å². The molecule has 1 aromatic carbocycles. The predicted molar refractivity (Wildman–Crippen MR) is 109 cm³/mol. The van der Waals surface area contributed by atoms with Crippen molar-refractivity contribution in [2.24, 2.45) is 0 Å². The van der Waals surface area contributed by atoms with E-state index in [1.165, 1.54) is 19.2 Å². The summed E-state index contributed by atoms with van der Waals surface area (Å²) in [5.41, 5.74) is 2.14. The minimum Gasteiger partial charge on any atom is -0.460 e. The molecule has 0 spiro atoms. The summed E-state index contributed by atoms with van der Waals surface area (Å²) in [7, 11) is 1.51. The van der Waals surface area contributed by atoms with Gasteiger partial charge in [-0.1, -0.05) is 12.1 Å². The number of carbonyl (C=O) groups is 1. The molecule has 9 nitrogen and oxygen atoms in total. The van der Waals surface area contributed by atoms with Gasteiger partial charge in [-0.25, -0.2) is 4.79 Å². The van der Waals surface area contributed by atoms with E-state index in [9.17, 15) is 20.0 Å². The van der Waals surface area contributed by atoms with E-state index >= 15 is 0 Å². The van der Waals surface area contributed by atoms with Gasteiger partial charge in [0.2, 0.25) is 0 Å². The third-order valence-electron chi connectivity index (χ3n) is 4.62. The van der Waals surface area contributed by atoms with Gasteiger partial charge in [-0.2, -0.15) is 0 Å². The minimum atomic E-state index is -1.35. The maximum atomic E-state index is 12.9. The van der Waals surface area contributed by atoms with Crippen LogP contribution in [0.2, 0.25) is 0 Å². The number of carbonyl (C=O) groups excluding carboxylic acids is 1. The van der Waals surface area contributed by atoms with Crippen molar-refractivity contribution in [2.75, 3.05) is 20.3 Å². The lowest BCUT2D eigenvalue weighted by atomic mass is 9.80. The predicted octanol–water partition coefficient (Wildman–Crippen LogP) is 2.76. The number of dihydropyridines is 1. The summed E-state index contributed by atoms with van der Waals surface area (Å²) in [6, 6.07) is 5.98. The average molecular weight is 420 g/mol. The van der Waals surface area contributed by atoms with Crippen LogP contribution in [0, 0.1) is 10.1 Å². The van der Waals surface area contributed by atoms with E-state index in [0.717, 1.165) is 0 Å². The normalized spacial score (nSPS) is 17.8. The van der Waals surface area contributed by atoms with E-state index in [-0.39, 0.29) is 30.6 Å². The van der Waals surface area contributed by atoms with Crippen LogP contribution < -0.4 is 5.32 Å². The van der Waals surface area contributed by atoms with E-state index in [4.69, 9.17) is 14.2 Å². The van der Waals surface area contributed by atoms with E-state index in [1.807, 2.05) is 0 Å². The van der Waals surface area contributed by atoms with Gasteiger partial charge in [-0.15, -0.1) is 0 Å². The van der Waals surface area contributed by atoms with E-state index in [2.05, 4.69) is 5.32 Å². The third-order valence-corrected chi connectivity index (χ3v) is 4.62. The molecule has 30 heavy (non-hydrogen) atoms. The SMILES string of the molecule is COCCOC(O)C1=C(C)NC(C)=C(C(=O)OC(C)C)C1c1cccc([N+](=O)[O-])c1. The van der Waals surface area contributed by atoms with Crippen LogP contribution in [-0.2, 0) is 19.0 Å². The van der Waals surface area contributed by atoms with E-state index < -0.39 is 23.1 Å². The molecule has 0 aliphatic carbocycles. The van der Waals surface area contributed by atoms with Crippen molar-refractivity contribution >= 4 is 11.7 Å². The summed E-state index contributed by atoms with van der Waals surface area (Å²) in [6.45, 7) is 7.34. The van der Waals surface area contributed by atoms with E-state index in [1.54, 1.807) is 39.8 Å². The van der Waals surface area contributed by atoms with Crippen molar-refractivity contribution in [3.8, 4) is 0 Å². The first-order valence-electron chi connectivity index (χ1n) is 9.59. The molecule has 1 aliphatic rings. The number of methoxy groups -OCH3 is 1.